The fraction of sp³-hybridized carbons (Fsp3) is 0.100. The predicted octanol–water partition coefficient (Wildman–Crippen LogP) is 4.96. The Hall–Kier alpha value is -2.44. The molecule has 0 fully saturated rings. The Balaban J connectivity index is 1.89. The van der Waals surface area contributed by atoms with Crippen molar-refractivity contribution in [1.82, 2.24) is 0 Å². The normalized spacial score (nSPS) is 11.2. The molecular formula is C20H19NO3S2. The van der Waals surface area contributed by atoms with Gasteiger partial charge >= 0.3 is 0 Å². The van der Waals surface area contributed by atoms with Gasteiger partial charge in [-0.1, -0.05) is 42.1 Å². The number of nitrogens with one attached hydrogen (secondary N) is 1. The molecular weight excluding hydrogens is 366 g/mol. The highest BCUT2D eigenvalue weighted by Crippen LogP contribution is 2.34. The Bertz CT molecular complexity index is 1000. The van der Waals surface area contributed by atoms with Gasteiger partial charge in [-0.2, -0.15) is 0 Å². The Labute approximate surface area is 158 Å². The Morgan fingerprint density at radius 1 is 0.923 bits per heavy atom. The van der Waals surface area contributed by atoms with E-state index in [1.165, 1.54) is 11.8 Å². The van der Waals surface area contributed by atoms with Crippen molar-refractivity contribution in [2.45, 2.75) is 21.6 Å². The van der Waals surface area contributed by atoms with Crippen molar-refractivity contribution in [2.24, 2.45) is 0 Å². The molecule has 3 aromatic rings. The van der Waals surface area contributed by atoms with Gasteiger partial charge in [0.25, 0.3) is 10.0 Å². The lowest BCUT2D eigenvalue weighted by molar-refractivity contribution is 0.411. The van der Waals surface area contributed by atoms with Crippen LogP contribution >= 0.6 is 11.8 Å². The van der Waals surface area contributed by atoms with Gasteiger partial charge in [0, 0.05) is 9.79 Å². The first-order chi connectivity index (χ1) is 12.5. The minimum atomic E-state index is -3.69. The topological polar surface area (TPSA) is 55.4 Å². The van der Waals surface area contributed by atoms with Gasteiger partial charge in [-0.25, -0.2) is 8.42 Å². The number of anilines is 1. The maximum Gasteiger partial charge on any atom is 0.261 e. The Morgan fingerprint density at radius 2 is 1.62 bits per heavy atom. The van der Waals surface area contributed by atoms with Gasteiger partial charge in [-0.05, 0) is 55.0 Å². The lowest BCUT2D eigenvalue weighted by Crippen LogP contribution is -2.13. The number of methoxy groups -OCH3 is 1. The molecule has 0 spiro atoms. The van der Waals surface area contributed by atoms with Crippen molar-refractivity contribution in [3.63, 3.8) is 0 Å². The molecule has 0 bridgehead atoms. The summed E-state index contributed by atoms with van der Waals surface area (Å²) >= 11 is 1.51. The van der Waals surface area contributed by atoms with Crippen LogP contribution in [0.3, 0.4) is 0 Å². The molecule has 3 rings (SSSR count). The second-order valence-electron chi connectivity index (χ2n) is 5.65. The van der Waals surface area contributed by atoms with E-state index in [0.717, 1.165) is 15.4 Å². The summed E-state index contributed by atoms with van der Waals surface area (Å²) in [6.07, 6.45) is 0. The lowest BCUT2D eigenvalue weighted by Gasteiger charge is -2.13. The molecule has 0 aliphatic rings. The first-order valence-electron chi connectivity index (χ1n) is 7.99. The van der Waals surface area contributed by atoms with Crippen molar-refractivity contribution in [3.8, 4) is 5.75 Å². The van der Waals surface area contributed by atoms with Gasteiger partial charge in [0.05, 0.1) is 17.7 Å². The van der Waals surface area contributed by atoms with Crippen LogP contribution in [0, 0.1) is 6.92 Å². The minimum absolute atomic E-state index is 0.204. The molecule has 0 aliphatic carbocycles. The largest absolute Gasteiger partial charge is 0.496 e. The number of hydrogen-bond donors (Lipinski definition) is 1. The van der Waals surface area contributed by atoms with Gasteiger partial charge in [-0.3, -0.25) is 4.72 Å². The smallest absolute Gasteiger partial charge is 0.261 e. The molecule has 0 atom stereocenters. The molecule has 0 heterocycles. The van der Waals surface area contributed by atoms with Gasteiger partial charge < -0.3 is 4.74 Å². The highest BCUT2D eigenvalue weighted by Gasteiger charge is 2.17. The summed E-state index contributed by atoms with van der Waals surface area (Å²) in [4.78, 5) is 2.09. The van der Waals surface area contributed by atoms with Gasteiger partial charge in [0.1, 0.15) is 5.75 Å². The number of aryl methyl sites for hydroxylation is 1. The van der Waals surface area contributed by atoms with E-state index in [-0.39, 0.29) is 4.90 Å². The predicted molar refractivity (Wildman–Crippen MR) is 106 cm³/mol. The molecule has 0 unspecified atom stereocenters. The monoisotopic (exact) mass is 385 g/mol. The third-order valence-electron chi connectivity index (χ3n) is 3.78. The molecule has 0 radical (unpaired) electrons. The zero-order valence-corrected chi connectivity index (χ0v) is 16.1. The average molecular weight is 386 g/mol. The molecule has 6 heteroatoms. The Kier molecular flexibility index (Phi) is 5.54. The van der Waals surface area contributed by atoms with E-state index in [2.05, 4.69) is 4.72 Å². The second-order valence-corrected chi connectivity index (χ2v) is 8.45. The third kappa shape index (κ3) is 4.20. The van der Waals surface area contributed by atoms with Crippen LogP contribution in [0.25, 0.3) is 0 Å². The number of ether oxygens (including phenoxy) is 1. The van der Waals surface area contributed by atoms with Crippen molar-refractivity contribution in [1.29, 1.82) is 0 Å². The summed E-state index contributed by atoms with van der Waals surface area (Å²) in [6.45, 7) is 1.82. The number of sulfonamides is 1. The van der Waals surface area contributed by atoms with Crippen LogP contribution < -0.4 is 9.46 Å². The van der Waals surface area contributed by atoms with Crippen molar-refractivity contribution >= 4 is 27.5 Å². The zero-order valence-electron chi connectivity index (χ0n) is 14.5. The number of rotatable bonds is 6. The molecule has 1 N–H and O–H groups in total. The van der Waals surface area contributed by atoms with Crippen LogP contribution in [0.1, 0.15) is 5.56 Å². The van der Waals surface area contributed by atoms with Gasteiger partial charge in [0.2, 0.25) is 0 Å². The quantitative estimate of drug-likeness (QED) is 0.652. The highest BCUT2D eigenvalue weighted by molar-refractivity contribution is 7.99. The van der Waals surface area contributed by atoms with Crippen LogP contribution in [0.2, 0.25) is 0 Å². The lowest BCUT2D eigenvalue weighted by atomic mass is 10.2. The first-order valence-corrected chi connectivity index (χ1v) is 10.3. The van der Waals surface area contributed by atoms with Crippen LogP contribution in [-0.2, 0) is 10.0 Å². The summed E-state index contributed by atoms with van der Waals surface area (Å²) < 4.78 is 33.5. The fourth-order valence-electron chi connectivity index (χ4n) is 2.48. The molecule has 0 amide bonds. The van der Waals surface area contributed by atoms with E-state index in [1.54, 1.807) is 31.4 Å². The van der Waals surface area contributed by atoms with Crippen molar-refractivity contribution in [2.75, 3.05) is 11.8 Å². The molecule has 0 saturated heterocycles. The van der Waals surface area contributed by atoms with E-state index in [0.29, 0.717) is 11.4 Å². The van der Waals surface area contributed by atoms with E-state index in [1.807, 2.05) is 55.5 Å². The zero-order chi connectivity index (χ0) is 18.6. The summed E-state index contributed by atoms with van der Waals surface area (Å²) in [5.74, 6) is 0.656. The number of para-hydroxylation sites is 1. The summed E-state index contributed by atoms with van der Waals surface area (Å²) in [7, 11) is -2.13. The molecule has 134 valence electrons. The molecule has 0 aromatic heterocycles. The minimum Gasteiger partial charge on any atom is -0.496 e. The average Bonchev–Trinajstić information content (AvgIpc) is 2.64. The van der Waals surface area contributed by atoms with Gasteiger partial charge in [-0.15, -0.1) is 0 Å². The van der Waals surface area contributed by atoms with Crippen molar-refractivity contribution in [3.05, 3.63) is 78.4 Å². The highest BCUT2D eigenvalue weighted by atomic mass is 32.2. The first kappa shape index (κ1) is 18.4. The standard InChI is InChI=1S/C20H19NO3S2/c1-15-14-17(12-13-19(15)24-2)26(22,23)21-18-10-6-7-11-20(18)25-16-8-4-3-5-9-16/h3-14,21H,1-2H3. The van der Waals surface area contributed by atoms with Gasteiger partial charge in [0.15, 0.2) is 0 Å². The van der Waals surface area contributed by atoms with Crippen LogP contribution in [0.5, 0.6) is 5.75 Å². The second kappa shape index (κ2) is 7.85. The number of benzene rings is 3. The maximum absolute atomic E-state index is 12.8. The molecule has 0 saturated carbocycles. The maximum atomic E-state index is 12.8. The molecule has 0 aliphatic heterocycles. The number of hydrogen-bond acceptors (Lipinski definition) is 4. The third-order valence-corrected chi connectivity index (χ3v) is 6.23. The van der Waals surface area contributed by atoms with Crippen LogP contribution in [-0.4, -0.2) is 15.5 Å². The van der Waals surface area contributed by atoms with Crippen LogP contribution in [0.4, 0.5) is 5.69 Å². The van der Waals surface area contributed by atoms with Crippen molar-refractivity contribution < 1.29 is 13.2 Å². The Morgan fingerprint density at radius 3 is 2.31 bits per heavy atom. The summed E-state index contributed by atoms with van der Waals surface area (Å²) in [5.41, 5.74) is 1.32. The molecule has 3 aromatic carbocycles. The summed E-state index contributed by atoms with van der Waals surface area (Å²) in [6, 6.07) is 22.0. The SMILES string of the molecule is COc1ccc(S(=O)(=O)Nc2ccccc2Sc2ccccc2)cc1C. The van der Waals surface area contributed by atoms with E-state index in [9.17, 15) is 8.42 Å². The van der Waals surface area contributed by atoms with E-state index >= 15 is 0 Å². The van der Waals surface area contributed by atoms with Crippen LogP contribution in [0.15, 0.2) is 87.5 Å². The van der Waals surface area contributed by atoms with E-state index < -0.39 is 10.0 Å². The fourth-order valence-corrected chi connectivity index (χ4v) is 4.63. The summed E-state index contributed by atoms with van der Waals surface area (Å²) in [5, 5.41) is 0. The molecule has 4 nitrogen and oxygen atoms in total. The van der Waals surface area contributed by atoms with E-state index in [4.69, 9.17) is 4.74 Å². The molecule has 26 heavy (non-hydrogen) atoms.